The van der Waals surface area contributed by atoms with E-state index in [0.29, 0.717) is 0 Å². The van der Waals surface area contributed by atoms with Gasteiger partial charge in [-0.1, -0.05) is 41.5 Å². The van der Waals surface area contributed by atoms with Crippen molar-refractivity contribution in [3.8, 4) is 0 Å². The highest BCUT2D eigenvalue weighted by atomic mass is 28.4. The lowest BCUT2D eigenvalue weighted by atomic mass is 10.3. The number of hydrogen-bond acceptors (Lipinski definition) is 3. The predicted molar refractivity (Wildman–Crippen MR) is 84.5 cm³/mol. The van der Waals surface area contributed by atoms with Gasteiger partial charge in [-0.15, -0.1) is 0 Å². The molecule has 0 saturated carbocycles. The maximum absolute atomic E-state index is 10.1. The van der Waals surface area contributed by atoms with Crippen LogP contribution in [0.2, 0.25) is 36.3 Å². The van der Waals surface area contributed by atoms with Gasteiger partial charge in [0.25, 0.3) is 0 Å². The Morgan fingerprint density at radius 2 is 0.889 bits per heavy atom. The second-order valence-electron chi connectivity index (χ2n) is 5.03. The van der Waals surface area contributed by atoms with E-state index in [1.54, 1.807) is 0 Å². The van der Waals surface area contributed by atoms with Crippen molar-refractivity contribution in [1.29, 1.82) is 0 Å². The Hall–Kier alpha value is 0.379. The highest BCUT2D eigenvalue weighted by Crippen LogP contribution is 2.26. The normalized spacial score (nSPS) is 12.8. The Labute approximate surface area is 116 Å². The van der Waals surface area contributed by atoms with Crippen molar-refractivity contribution in [2.24, 2.45) is 0 Å². The topological polar surface area (TPSA) is 38.7 Å². The largest absolute Gasteiger partial charge is 0.614 e. The van der Waals surface area contributed by atoms with E-state index in [2.05, 4.69) is 41.5 Å². The average molecular weight is 290 g/mol. The Bertz CT molecular complexity index is 183. The van der Waals surface area contributed by atoms with Crippen LogP contribution in [0.5, 0.6) is 0 Å². The van der Waals surface area contributed by atoms with E-state index in [-0.39, 0.29) is 0 Å². The van der Waals surface area contributed by atoms with Gasteiger partial charge in [-0.2, -0.15) is 0 Å². The van der Waals surface area contributed by atoms with Gasteiger partial charge >= 0.3 is 7.32 Å². The van der Waals surface area contributed by atoms with Gasteiger partial charge in [-0.25, -0.2) is 0 Å². The molecular formula is C12H31BO3Si2. The Morgan fingerprint density at radius 1 is 0.667 bits per heavy atom. The van der Waals surface area contributed by atoms with Gasteiger partial charge in [0, 0.05) is 0 Å². The van der Waals surface area contributed by atoms with Crippen LogP contribution in [0.3, 0.4) is 0 Å². The molecule has 6 heteroatoms. The Balaban J connectivity index is 4.61. The first kappa shape index (κ1) is 18.4. The van der Waals surface area contributed by atoms with Crippen molar-refractivity contribution in [3.05, 3.63) is 0 Å². The first-order valence-corrected chi connectivity index (χ1v) is 12.6. The van der Waals surface area contributed by atoms with Crippen molar-refractivity contribution in [2.75, 3.05) is 0 Å². The van der Waals surface area contributed by atoms with Crippen LogP contribution < -0.4 is 0 Å². The summed E-state index contributed by atoms with van der Waals surface area (Å²) in [6.45, 7) is 13.0. The maximum Gasteiger partial charge on any atom is 0.614 e. The van der Waals surface area contributed by atoms with Gasteiger partial charge < -0.3 is 13.7 Å². The van der Waals surface area contributed by atoms with Crippen LogP contribution in [-0.2, 0) is 8.69 Å². The molecule has 0 aliphatic rings. The zero-order chi connectivity index (χ0) is 14.2. The van der Waals surface area contributed by atoms with Crippen LogP contribution in [-0.4, -0.2) is 29.0 Å². The lowest BCUT2D eigenvalue weighted by Crippen LogP contribution is -2.49. The first-order valence-electron chi connectivity index (χ1n) is 7.50. The third-order valence-corrected chi connectivity index (χ3v) is 13.7. The van der Waals surface area contributed by atoms with E-state index in [4.69, 9.17) is 8.69 Å². The van der Waals surface area contributed by atoms with E-state index in [9.17, 15) is 5.02 Å². The van der Waals surface area contributed by atoms with E-state index in [1.807, 2.05) is 0 Å². The van der Waals surface area contributed by atoms with E-state index < -0.39 is 24.0 Å². The molecule has 0 heterocycles. The molecule has 0 spiro atoms. The molecule has 0 aliphatic carbocycles. The monoisotopic (exact) mass is 290 g/mol. The zero-order valence-corrected chi connectivity index (χ0v) is 15.1. The molecule has 18 heavy (non-hydrogen) atoms. The Morgan fingerprint density at radius 3 is 1.06 bits per heavy atom. The molecule has 0 fully saturated rings. The van der Waals surface area contributed by atoms with Crippen molar-refractivity contribution in [1.82, 2.24) is 0 Å². The molecule has 0 bridgehead atoms. The van der Waals surface area contributed by atoms with Crippen molar-refractivity contribution in [2.45, 2.75) is 77.8 Å². The second kappa shape index (κ2) is 8.53. The van der Waals surface area contributed by atoms with Crippen LogP contribution in [0, 0.1) is 0 Å². The summed E-state index contributed by atoms with van der Waals surface area (Å²) in [7, 11) is -4.54. The molecule has 3 nitrogen and oxygen atoms in total. The molecule has 0 aromatic rings. The molecule has 1 N–H and O–H groups in total. The summed E-state index contributed by atoms with van der Waals surface area (Å²) in [5, 5.41) is 10.1. The third-order valence-electron chi connectivity index (χ3n) is 4.57. The van der Waals surface area contributed by atoms with E-state index in [1.165, 1.54) is 0 Å². The summed E-state index contributed by atoms with van der Waals surface area (Å²) in [5.41, 5.74) is 0. The number of hydrogen-bond donors (Lipinski definition) is 1. The molecule has 0 saturated heterocycles. The van der Waals surface area contributed by atoms with E-state index in [0.717, 1.165) is 36.3 Å². The molecule has 0 amide bonds. The summed E-state index contributed by atoms with van der Waals surface area (Å²) >= 11 is 0. The van der Waals surface area contributed by atoms with Crippen LogP contribution in [0.15, 0.2) is 0 Å². The van der Waals surface area contributed by atoms with Crippen LogP contribution in [0.1, 0.15) is 41.5 Å². The highest BCUT2D eigenvalue weighted by Gasteiger charge is 2.39. The SMILES string of the molecule is CC[Si](CC)(CC)OB(O)O[Si](CC)(CC)CC. The summed E-state index contributed by atoms with van der Waals surface area (Å²) in [4.78, 5) is 0. The van der Waals surface area contributed by atoms with Gasteiger partial charge in [0.1, 0.15) is 0 Å². The van der Waals surface area contributed by atoms with Crippen LogP contribution in [0.25, 0.3) is 0 Å². The highest BCUT2D eigenvalue weighted by molar-refractivity contribution is 6.82. The molecule has 0 aromatic carbocycles. The lowest BCUT2D eigenvalue weighted by molar-refractivity contribution is 0.283. The standard InChI is InChI=1S/C12H31BO3Si2/c1-7-17(8-2,9-3)15-13(14)16-18(10-4,11-5)12-6/h14H,7-12H2,1-6H3. The van der Waals surface area contributed by atoms with Gasteiger partial charge in [-0.05, 0) is 36.3 Å². The second-order valence-corrected chi connectivity index (χ2v) is 14.5. The smallest absolute Gasteiger partial charge is 0.428 e. The molecule has 108 valence electrons. The average Bonchev–Trinajstić information content (AvgIpc) is 2.42. The van der Waals surface area contributed by atoms with E-state index >= 15 is 0 Å². The van der Waals surface area contributed by atoms with Gasteiger partial charge in [0.2, 0.25) is 0 Å². The maximum atomic E-state index is 10.1. The first-order chi connectivity index (χ1) is 8.46. The van der Waals surface area contributed by atoms with Crippen LogP contribution in [0.4, 0.5) is 0 Å². The minimum absolute atomic E-state index is 0.997. The van der Waals surface area contributed by atoms with Crippen molar-refractivity contribution >= 4 is 24.0 Å². The third kappa shape index (κ3) is 4.81. The predicted octanol–water partition coefficient (Wildman–Crippen LogP) is 4.01. The molecule has 0 unspecified atom stereocenters. The van der Waals surface area contributed by atoms with Gasteiger partial charge in [0.15, 0.2) is 16.6 Å². The van der Waals surface area contributed by atoms with Crippen molar-refractivity contribution < 1.29 is 13.7 Å². The molecule has 0 radical (unpaired) electrons. The molecular weight excluding hydrogens is 259 g/mol. The fourth-order valence-electron chi connectivity index (χ4n) is 2.45. The fourth-order valence-corrected chi connectivity index (χ4v) is 7.50. The lowest BCUT2D eigenvalue weighted by Gasteiger charge is -2.34. The van der Waals surface area contributed by atoms with Gasteiger partial charge in [-0.3, -0.25) is 0 Å². The fraction of sp³-hybridized carbons (Fsp3) is 1.00. The van der Waals surface area contributed by atoms with Crippen molar-refractivity contribution in [3.63, 3.8) is 0 Å². The Kier molecular flexibility index (Phi) is 8.71. The van der Waals surface area contributed by atoms with Gasteiger partial charge in [0.05, 0.1) is 0 Å². The zero-order valence-electron chi connectivity index (χ0n) is 13.1. The summed E-state index contributed by atoms with van der Waals surface area (Å²) in [5.74, 6) is 0. The molecule has 0 aromatic heterocycles. The molecule has 0 atom stereocenters. The molecule has 0 rings (SSSR count). The van der Waals surface area contributed by atoms with Crippen LogP contribution >= 0.6 is 0 Å². The summed E-state index contributed by atoms with van der Waals surface area (Å²) < 4.78 is 11.9. The summed E-state index contributed by atoms with van der Waals surface area (Å²) in [6, 6.07) is 6.25. The summed E-state index contributed by atoms with van der Waals surface area (Å²) in [6.07, 6.45) is 0. The minimum atomic E-state index is -1.77. The molecule has 0 aliphatic heterocycles. The number of rotatable bonds is 10. The minimum Gasteiger partial charge on any atom is -0.428 e. The quantitative estimate of drug-likeness (QED) is 0.618.